The summed E-state index contributed by atoms with van der Waals surface area (Å²) in [4.78, 5) is 17.3. The topological polar surface area (TPSA) is 23.6 Å². The lowest BCUT2D eigenvalue weighted by Gasteiger charge is -2.27. The Morgan fingerprint density at radius 1 is 1.04 bits per heavy atom. The summed E-state index contributed by atoms with van der Waals surface area (Å²) < 4.78 is 0. The van der Waals surface area contributed by atoms with E-state index in [4.69, 9.17) is 0 Å². The highest BCUT2D eigenvalue weighted by molar-refractivity contribution is 5.79. The van der Waals surface area contributed by atoms with Gasteiger partial charge in [0.05, 0.1) is 0 Å². The van der Waals surface area contributed by atoms with Crippen molar-refractivity contribution in [2.75, 3.05) is 27.2 Å². The number of benzene rings is 1. The van der Waals surface area contributed by atoms with E-state index in [1.54, 1.807) is 0 Å². The number of nitrogens with zero attached hydrogens (tertiary/aromatic N) is 2. The van der Waals surface area contributed by atoms with Gasteiger partial charge >= 0.3 is 0 Å². The smallest absolute Gasteiger partial charge is 0.225 e. The van der Waals surface area contributed by atoms with Crippen LogP contribution in [0.3, 0.4) is 0 Å². The number of rotatable bonds is 3. The molecule has 3 nitrogen and oxygen atoms in total. The zero-order valence-corrected chi connectivity index (χ0v) is 14.8. The van der Waals surface area contributed by atoms with Gasteiger partial charge in [0.15, 0.2) is 0 Å². The van der Waals surface area contributed by atoms with Gasteiger partial charge in [0.1, 0.15) is 0 Å². The van der Waals surface area contributed by atoms with Gasteiger partial charge in [0, 0.05) is 31.0 Å². The van der Waals surface area contributed by atoms with Gasteiger partial charge in [-0.05, 0) is 39.4 Å². The van der Waals surface area contributed by atoms with Gasteiger partial charge in [-0.2, -0.15) is 0 Å². The van der Waals surface area contributed by atoms with Crippen molar-refractivity contribution in [2.45, 2.75) is 51.0 Å². The maximum Gasteiger partial charge on any atom is 0.225 e. The molecule has 23 heavy (non-hydrogen) atoms. The van der Waals surface area contributed by atoms with Gasteiger partial charge in [-0.15, -0.1) is 0 Å². The van der Waals surface area contributed by atoms with Crippen LogP contribution in [0.5, 0.6) is 0 Å². The van der Waals surface area contributed by atoms with Crippen LogP contribution in [-0.2, 0) is 4.79 Å². The first kappa shape index (κ1) is 16.5. The Kier molecular flexibility index (Phi) is 5.05. The molecular formula is C20H30N2O. The Morgan fingerprint density at radius 3 is 2.30 bits per heavy atom. The molecule has 0 N–H and O–H groups in total. The fourth-order valence-electron chi connectivity index (χ4n) is 4.24. The molecule has 126 valence electrons. The van der Waals surface area contributed by atoms with Gasteiger partial charge in [0.2, 0.25) is 5.91 Å². The van der Waals surface area contributed by atoms with E-state index in [-0.39, 0.29) is 5.92 Å². The molecule has 1 saturated heterocycles. The van der Waals surface area contributed by atoms with Crippen molar-refractivity contribution in [1.29, 1.82) is 0 Å². The maximum atomic E-state index is 12.9. The third-order valence-corrected chi connectivity index (χ3v) is 5.72. The number of aryl methyl sites for hydroxylation is 1. The van der Waals surface area contributed by atoms with E-state index in [0.717, 1.165) is 25.9 Å². The van der Waals surface area contributed by atoms with Gasteiger partial charge < -0.3 is 9.80 Å². The second kappa shape index (κ2) is 7.04. The van der Waals surface area contributed by atoms with E-state index >= 15 is 0 Å². The Hall–Kier alpha value is -1.35. The number of likely N-dealkylation sites (tertiary alicyclic amines) is 1. The molecule has 1 aliphatic heterocycles. The Labute approximate surface area is 140 Å². The molecule has 1 heterocycles. The van der Waals surface area contributed by atoms with Crippen molar-refractivity contribution in [3.63, 3.8) is 0 Å². The fourth-order valence-corrected chi connectivity index (χ4v) is 4.24. The summed E-state index contributed by atoms with van der Waals surface area (Å²) in [5.74, 6) is 1.12. The lowest BCUT2D eigenvalue weighted by molar-refractivity contribution is -0.135. The zero-order chi connectivity index (χ0) is 16.4. The number of hydrogen-bond acceptors (Lipinski definition) is 2. The molecule has 0 spiro atoms. The lowest BCUT2D eigenvalue weighted by atomic mass is 9.88. The molecule has 1 amide bonds. The summed E-state index contributed by atoms with van der Waals surface area (Å²) in [6.45, 7) is 3.88. The summed E-state index contributed by atoms with van der Waals surface area (Å²) in [7, 11) is 4.28. The van der Waals surface area contributed by atoms with Crippen LogP contribution in [0.4, 0.5) is 0 Å². The number of hydrogen-bond donors (Lipinski definition) is 0. The van der Waals surface area contributed by atoms with Gasteiger partial charge in [0.25, 0.3) is 0 Å². The molecule has 0 aromatic heterocycles. The van der Waals surface area contributed by atoms with Crippen LogP contribution >= 0.6 is 0 Å². The molecule has 2 fully saturated rings. The quantitative estimate of drug-likeness (QED) is 0.853. The Balaban J connectivity index is 1.75. The second-order valence-corrected chi connectivity index (χ2v) is 7.63. The monoisotopic (exact) mass is 314 g/mol. The van der Waals surface area contributed by atoms with Crippen molar-refractivity contribution in [1.82, 2.24) is 9.80 Å². The van der Waals surface area contributed by atoms with Crippen LogP contribution in [-0.4, -0.2) is 48.9 Å². The van der Waals surface area contributed by atoms with Gasteiger partial charge in [-0.3, -0.25) is 4.79 Å². The highest BCUT2D eigenvalue weighted by atomic mass is 16.2. The predicted molar refractivity (Wildman–Crippen MR) is 94.6 cm³/mol. The van der Waals surface area contributed by atoms with Crippen LogP contribution in [0.15, 0.2) is 24.3 Å². The van der Waals surface area contributed by atoms with Crippen molar-refractivity contribution in [3.8, 4) is 0 Å². The number of likely N-dealkylation sites (N-methyl/N-ethyl adjacent to an activating group) is 1. The van der Waals surface area contributed by atoms with Crippen molar-refractivity contribution >= 4 is 5.91 Å². The van der Waals surface area contributed by atoms with Crippen molar-refractivity contribution < 1.29 is 4.79 Å². The average Bonchev–Trinajstić information content (AvgIpc) is 3.01. The number of carbonyl (C=O) groups is 1. The molecule has 0 unspecified atom stereocenters. The molecule has 3 heteroatoms. The minimum atomic E-state index is 0.281. The molecule has 1 saturated carbocycles. The molecule has 3 rings (SSSR count). The van der Waals surface area contributed by atoms with E-state index in [1.165, 1.54) is 30.4 Å². The zero-order valence-electron chi connectivity index (χ0n) is 14.8. The van der Waals surface area contributed by atoms with Crippen LogP contribution in [0, 0.1) is 12.8 Å². The van der Waals surface area contributed by atoms with E-state index in [2.05, 4.69) is 55.1 Å². The van der Waals surface area contributed by atoms with Gasteiger partial charge in [-0.1, -0.05) is 49.1 Å². The predicted octanol–water partition coefficient (Wildman–Crippen LogP) is 3.43. The van der Waals surface area contributed by atoms with Crippen molar-refractivity contribution in [3.05, 3.63) is 35.4 Å². The number of amides is 1. The summed E-state index contributed by atoms with van der Waals surface area (Å²) in [5, 5.41) is 0. The van der Waals surface area contributed by atoms with Crippen LogP contribution in [0.25, 0.3) is 0 Å². The first-order valence-electron chi connectivity index (χ1n) is 9.08. The Bertz CT molecular complexity index is 531. The standard InChI is InChI=1S/C20H30N2O/c1-15-9-11-16(12-10-15)18-13-22(14-19(18)21(2)3)20(23)17-7-5-4-6-8-17/h9-12,17-19H,4-8,13-14H2,1-3H3/t18-,19+/m0/s1. The minimum Gasteiger partial charge on any atom is -0.340 e. The molecule has 1 aromatic rings. The molecule has 2 aliphatic rings. The van der Waals surface area contributed by atoms with E-state index < -0.39 is 0 Å². The first-order valence-corrected chi connectivity index (χ1v) is 9.08. The third kappa shape index (κ3) is 3.60. The first-order chi connectivity index (χ1) is 11.1. The van der Waals surface area contributed by atoms with Crippen molar-refractivity contribution in [2.24, 2.45) is 5.92 Å². The van der Waals surface area contributed by atoms with Crippen LogP contribution in [0.2, 0.25) is 0 Å². The summed E-state index contributed by atoms with van der Waals surface area (Å²) in [6, 6.07) is 9.28. The molecular weight excluding hydrogens is 284 g/mol. The summed E-state index contributed by atoms with van der Waals surface area (Å²) in [5.41, 5.74) is 2.66. The van der Waals surface area contributed by atoms with E-state index in [1.807, 2.05) is 0 Å². The lowest BCUT2D eigenvalue weighted by Crippen LogP contribution is -2.38. The molecule has 2 atom stereocenters. The van der Waals surface area contributed by atoms with E-state index in [9.17, 15) is 4.79 Å². The summed E-state index contributed by atoms with van der Waals surface area (Å²) >= 11 is 0. The maximum absolute atomic E-state index is 12.9. The van der Waals surface area contributed by atoms with E-state index in [0.29, 0.717) is 17.9 Å². The fraction of sp³-hybridized carbons (Fsp3) is 0.650. The van der Waals surface area contributed by atoms with Gasteiger partial charge in [-0.25, -0.2) is 0 Å². The molecule has 0 radical (unpaired) electrons. The summed E-state index contributed by atoms with van der Waals surface area (Å²) in [6.07, 6.45) is 5.94. The van der Waals surface area contributed by atoms with Crippen LogP contribution in [0.1, 0.15) is 49.1 Å². The highest BCUT2D eigenvalue weighted by Gasteiger charge is 2.39. The average molecular weight is 314 g/mol. The largest absolute Gasteiger partial charge is 0.340 e. The SMILES string of the molecule is Cc1ccc([C@@H]2CN(C(=O)C3CCCCC3)C[C@H]2N(C)C)cc1. The molecule has 1 aromatic carbocycles. The number of carbonyl (C=O) groups excluding carboxylic acids is 1. The highest BCUT2D eigenvalue weighted by Crippen LogP contribution is 2.33. The third-order valence-electron chi connectivity index (χ3n) is 5.72. The molecule has 0 bridgehead atoms. The normalized spacial score (nSPS) is 26.0. The van der Waals surface area contributed by atoms with Crippen LogP contribution < -0.4 is 0 Å². The second-order valence-electron chi connectivity index (χ2n) is 7.63. The Morgan fingerprint density at radius 2 is 1.70 bits per heavy atom. The molecule has 1 aliphatic carbocycles. The minimum absolute atomic E-state index is 0.281.